The Morgan fingerprint density at radius 1 is 1.27 bits per heavy atom. The molecule has 2 amide bonds. The minimum Gasteiger partial charge on any atom is -0.385 e. The highest BCUT2D eigenvalue weighted by molar-refractivity contribution is 5.89. The van der Waals surface area contributed by atoms with Crippen molar-refractivity contribution >= 4 is 12.3 Å². The third-order valence-corrected chi connectivity index (χ3v) is 5.10. The van der Waals surface area contributed by atoms with E-state index < -0.39 is 5.41 Å². The molecule has 0 bridgehead atoms. The first-order valence-corrected chi connectivity index (χ1v) is 10.6. The molecule has 164 valence electrons. The lowest BCUT2D eigenvalue weighted by Gasteiger charge is -2.21. The van der Waals surface area contributed by atoms with Crippen molar-refractivity contribution in [2.45, 2.75) is 46.5 Å². The Morgan fingerprint density at radius 3 is 2.60 bits per heavy atom. The predicted octanol–water partition coefficient (Wildman–Crippen LogP) is 4.38. The summed E-state index contributed by atoms with van der Waals surface area (Å²) in [6.45, 7) is 11.3. The zero-order chi connectivity index (χ0) is 22.4. The maximum Gasteiger partial charge on any atom is 0.236 e. The summed E-state index contributed by atoms with van der Waals surface area (Å²) in [4.78, 5) is 25.4. The van der Waals surface area contributed by atoms with Gasteiger partial charge in [0.1, 0.15) is 0 Å². The highest BCUT2D eigenvalue weighted by atomic mass is 16.2. The standard InChI is InChI=1S/C25H37N3O2/c1-5-7-9-12-22(4)19-28(20-29)17-11-14-21(3)13-10-16-25(15-8-6-2)18-23(26)27-24(25)30/h5-10,12-13,18,20-21H,4,11,14-17,19,26H2,1-3H3,(H,27,30)/b7-5-,8-6+,12-9-,13-10+. The lowest BCUT2D eigenvalue weighted by molar-refractivity contribution is -0.126. The Bertz CT molecular complexity index is 731. The summed E-state index contributed by atoms with van der Waals surface area (Å²) >= 11 is 0. The van der Waals surface area contributed by atoms with Crippen LogP contribution in [0.4, 0.5) is 0 Å². The van der Waals surface area contributed by atoms with Crippen LogP contribution in [0.15, 0.2) is 72.7 Å². The van der Waals surface area contributed by atoms with Crippen molar-refractivity contribution < 1.29 is 9.59 Å². The van der Waals surface area contributed by atoms with E-state index in [-0.39, 0.29) is 5.91 Å². The molecule has 0 aliphatic carbocycles. The van der Waals surface area contributed by atoms with Crippen molar-refractivity contribution in [2.75, 3.05) is 13.1 Å². The summed E-state index contributed by atoms with van der Waals surface area (Å²) in [7, 11) is 0. The molecule has 0 saturated carbocycles. The molecule has 1 aliphatic rings. The third-order valence-electron chi connectivity index (χ3n) is 5.10. The van der Waals surface area contributed by atoms with Gasteiger partial charge in [-0.2, -0.15) is 0 Å². The molecule has 5 heteroatoms. The minimum atomic E-state index is -0.595. The van der Waals surface area contributed by atoms with Crippen LogP contribution in [0.1, 0.15) is 46.5 Å². The second-order valence-electron chi connectivity index (χ2n) is 7.85. The molecule has 2 unspecified atom stereocenters. The van der Waals surface area contributed by atoms with Gasteiger partial charge in [0.25, 0.3) is 0 Å². The van der Waals surface area contributed by atoms with Gasteiger partial charge in [0, 0.05) is 13.1 Å². The van der Waals surface area contributed by atoms with E-state index >= 15 is 0 Å². The van der Waals surface area contributed by atoms with Crippen molar-refractivity contribution in [3.8, 4) is 0 Å². The molecular weight excluding hydrogens is 374 g/mol. The molecule has 0 saturated heterocycles. The number of carbonyl (C=O) groups is 2. The number of hydrogen-bond acceptors (Lipinski definition) is 3. The monoisotopic (exact) mass is 411 g/mol. The van der Waals surface area contributed by atoms with Crippen LogP contribution in [0.5, 0.6) is 0 Å². The Balaban J connectivity index is 2.48. The van der Waals surface area contributed by atoms with Crippen LogP contribution >= 0.6 is 0 Å². The van der Waals surface area contributed by atoms with Gasteiger partial charge < -0.3 is 16.0 Å². The number of rotatable bonds is 14. The summed E-state index contributed by atoms with van der Waals surface area (Å²) in [5, 5.41) is 2.72. The molecule has 1 rings (SSSR count). The first kappa shape index (κ1) is 25.2. The van der Waals surface area contributed by atoms with Gasteiger partial charge in [-0.05, 0) is 57.1 Å². The van der Waals surface area contributed by atoms with E-state index in [2.05, 4.69) is 31.0 Å². The summed E-state index contributed by atoms with van der Waals surface area (Å²) in [5.74, 6) is 0.753. The van der Waals surface area contributed by atoms with E-state index in [4.69, 9.17) is 5.73 Å². The van der Waals surface area contributed by atoms with Gasteiger partial charge in [-0.1, -0.05) is 62.1 Å². The smallest absolute Gasteiger partial charge is 0.236 e. The van der Waals surface area contributed by atoms with Crippen LogP contribution in [0.2, 0.25) is 0 Å². The van der Waals surface area contributed by atoms with E-state index in [1.807, 2.05) is 56.4 Å². The van der Waals surface area contributed by atoms with Gasteiger partial charge in [0.15, 0.2) is 0 Å². The maximum atomic E-state index is 12.4. The quantitative estimate of drug-likeness (QED) is 0.253. The van der Waals surface area contributed by atoms with Crippen LogP contribution in [-0.2, 0) is 9.59 Å². The number of allylic oxidation sites excluding steroid dienone is 7. The molecule has 0 aromatic rings. The first-order valence-electron chi connectivity index (χ1n) is 10.6. The maximum absolute atomic E-state index is 12.4. The normalized spacial score (nSPS) is 20.4. The number of amides is 2. The molecule has 1 heterocycles. The van der Waals surface area contributed by atoms with Crippen molar-refractivity contribution in [2.24, 2.45) is 17.1 Å². The van der Waals surface area contributed by atoms with Crippen LogP contribution in [0.25, 0.3) is 0 Å². The Hall–Kier alpha value is -2.82. The highest BCUT2D eigenvalue weighted by Gasteiger charge is 2.39. The van der Waals surface area contributed by atoms with Crippen molar-refractivity contribution in [1.82, 2.24) is 10.2 Å². The van der Waals surface area contributed by atoms with Crippen molar-refractivity contribution in [1.29, 1.82) is 0 Å². The molecular formula is C25H37N3O2. The minimum absolute atomic E-state index is 0.0410. The van der Waals surface area contributed by atoms with Crippen LogP contribution < -0.4 is 11.1 Å². The van der Waals surface area contributed by atoms with E-state index in [0.29, 0.717) is 37.7 Å². The molecule has 0 fully saturated rings. The van der Waals surface area contributed by atoms with Gasteiger partial charge in [-0.25, -0.2) is 0 Å². The molecule has 0 spiro atoms. The summed E-state index contributed by atoms with van der Waals surface area (Å²) in [5.41, 5.74) is 6.12. The number of nitrogens with one attached hydrogen (secondary N) is 1. The molecule has 0 radical (unpaired) electrons. The molecule has 0 aromatic carbocycles. The highest BCUT2D eigenvalue weighted by Crippen LogP contribution is 2.34. The second-order valence-corrected chi connectivity index (χ2v) is 7.85. The second kappa shape index (κ2) is 13.4. The van der Waals surface area contributed by atoms with Gasteiger partial charge >= 0.3 is 0 Å². The lowest BCUT2D eigenvalue weighted by atomic mass is 9.81. The summed E-state index contributed by atoms with van der Waals surface area (Å²) in [6, 6.07) is 0. The molecule has 2 atom stereocenters. The summed E-state index contributed by atoms with van der Waals surface area (Å²) in [6.07, 6.45) is 21.8. The zero-order valence-electron chi connectivity index (χ0n) is 18.6. The molecule has 3 N–H and O–H groups in total. The zero-order valence-corrected chi connectivity index (χ0v) is 18.6. The third kappa shape index (κ3) is 8.68. The summed E-state index contributed by atoms with van der Waals surface area (Å²) < 4.78 is 0. The first-order chi connectivity index (χ1) is 14.4. The number of nitrogens with two attached hydrogens (primary N) is 1. The largest absolute Gasteiger partial charge is 0.385 e. The topological polar surface area (TPSA) is 75.4 Å². The average Bonchev–Trinajstić information content (AvgIpc) is 2.99. The van der Waals surface area contributed by atoms with E-state index in [0.717, 1.165) is 24.8 Å². The number of carbonyl (C=O) groups excluding carboxylic acids is 2. The Morgan fingerprint density at radius 2 is 2.00 bits per heavy atom. The van der Waals surface area contributed by atoms with Crippen LogP contribution in [0.3, 0.4) is 0 Å². The number of nitrogens with zero attached hydrogens (tertiary/aromatic N) is 1. The molecule has 30 heavy (non-hydrogen) atoms. The molecule has 1 aliphatic heterocycles. The van der Waals surface area contributed by atoms with Gasteiger partial charge in [-0.3, -0.25) is 9.59 Å². The molecule has 5 nitrogen and oxygen atoms in total. The Kier molecular flexibility index (Phi) is 11.3. The predicted molar refractivity (Wildman–Crippen MR) is 125 cm³/mol. The van der Waals surface area contributed by atoms with Gasteiger partial charge in [0.05, 0.1) is 11.2 Å². The lowest BCUT2D eigenvalue weighted by Crippen LogP contribution is -2.32. The Labute approximate surface area is 181 Å². The van der Waals surface area contributed by atoms with Gasteiger partial charge in [0.2, 0.25) is 12.3 Å². The SMILES string of the molecule is C=C(/C=C\C=C/C)CN(C=O)CCCC(C)/C=C/CC1(C/C=C/C)C=C(N)NC1=O. The fraction of sp³-hybridized carbons (Fsp3) is 0.440. The van der Waals surface area contributed by atoms with Crippen LogP contribution in [0, 0.1) is 11.3 Å². The average molecular weight is 412 g/mol. The van der Waals surface area contributed by atoms with Crippen molar-refractivity contribution in [3.05, 3.63) is 72.7 Å². The van der Waals surface area contributed by atoms with Gasteiger partial charge in [-0.15, -0.1) is 0 Å². The molecule has 0 aromatic heterocycles. The fourth-order valence-corrected chi connectivity index (χ4v) is 3.38. The van der Waals surface area contributed by atoms with Crippen molar-refractivity contribution in [3.63, 3.8) is 0 Å². The fourth-order valence-electron chi connectivity index (χ4n) is 3.38. The van der Waals surface area contributed by atoms with E-state index in [1.54, 1.807) is 4.90 Å². The number of hydrogen-bond donors (Lipinski definition) is 2. The van der Waals surface area contributed by atoms with E-state index in [1.165, 1.54) is 0 Å². The van der Waals surface area contributed by atoms with Crippen LogP contribution in [-0.4, -0.2) is 30.3 Å². The van der Waals surface area contributed by atoms with E-state index in [9.17, 15) is 9.59 Å².